The highest BCUT2D eigenvalue weighted by Crippen LogP contribution is 2.27. The third kappa shape index (κ3) is 3.14. The van der Waals surface area contributed by atoms with Crippen LogP contribution in [-0.4, -0.2) is 25.1 Å². The van der Waals surface area contributed by atoms with E-state index < -0.39 is 0 Å². The average molecular weight is 245 g/mol. The van der Waals surface area contributed by atoms with Crippen molar-refractivity contribution >= 4 is 29.3 Å². The molecule has 1 aromatic carbocycles. The summed E-state index contributed by atoms with van der Waals surface area (Å²) in [4.78, 5) is 11.6. The van der Waals surface area contributed by atoms with Crippen LogP contribution in [0.3, 0.4) is 0 Å². The van der Waals surface area contributed by atoms with Gasteiger partial charge in [-0.2, -0.15) is 11.8 Å². The number of methoxy groups -OCH3 is 1. The van der Waals surface area contributed by atoms with Crippen LogP contribution in [0, 0.1) is 0 Å². The molecule has 0 fully saturated rings. The zero-order chi connectivity index (χ0) is 11.3. The molecule has 0 amide bonds. The van der Waals surface area contributed by atoms with Gasteiger partial charge in [-0.25, -0.2) is 0 Å². The Morgan fingerprint density at radius 2 is 2.20 bits per heavy atom. The molecule has 1 atom stereocenters. The molecule has 15 heavy (non-hydrogen) atoms. The highest BCUT2D eigenvalue weighted by molar-refractivity contribution is 7.98. The van der Waals surface area contributed by atoms with Gasteiger partial charge in [0.25, 0.3) is 0 Å². The molecule has 0 bridgehead atoms. The number of carbonyl (C=O) groups is 1. The monoisotopic (exact) mass is 244 g/mol. The van der Waals surface area contributed by atoms with Gasteiger partial charge >= 0.3 is 5.97 Å². The number of hydrogen-bond acceptors (Lipinski definition) is 3. The van der Waals surface area contributed by atoms with E-state index in [9.17, 15) is 4.79 Å². The van der Waals surface area contributed by atoms with E-state index in [0.717, 1.165) is 5.56 Å². The van der Waals surface area contributed by atoms with Crippen molar-refractivity contribution in [2.24, 2.45) is 0 Å². The number of carbonyl (C=O) groups excluding carboxylic acids is 1. The lowest BCUT2D eigenvalue weighted by atomic mass is 10.0. The predicted octanol–water partition coefficient (Wildman–Crippen LogP) is 2.96. The average Bonchev–Trinajstić information content (AvgIpc) is 2.26. The number of hydrogen-bond donors (Lipinski definition) is 0. The number of benzene rings is 1. The maximum atomic E-state index is 11.6. The van der Waals surface area contributed by atoms with Crippen molar-refractivity contribution in [1.82, 2.24) is 0 Å². The molecule has 0 spiro atoms. The fourth-order valence-corrected chi connectivity index (χ4v) is 2.27. The Morgan fingerprint density at radius 1 is 1.53 bits per heavy atom. The SMILES string of the molecule is COC(=O)C(CSC)c1ccccc1Cl. The molecule has 2 nitrogen and oxygen atoms in total. The second-order valence-corrected chi connectivity index (χ2v) is 4.37. The minimum absolute atomic E-state index is 0.238. The summed E-state index contributed by atoms with van der Waals surface area (Å²) in [6.45, 7) is 0. The zero-order valence-corrected chi connectivity index (χ0v) is 10.3. The van der Waals surface area contributed by atoms with Gasteiger partial charge in [0.15, 0.2) is 0 Å². The Hall–Kier alpha value is -0.670. The maximum Gasteiger partial charge on any atom is 0.314 e. The Morgan fingerprint density at radius 3 is 2.73 bits per heavy atom. The minimum atomic E-state index is -0.279. The second-order valence-electron chi connectivity index (χ2n) is 3.05. The third-order valence-corrected chi connectivity index (χ3v) is 3.11. The van der Waals surface area contributed by atoms with E-state index in [1.54, 1.807) is 17.8 Å². The van der Waals surface area contributed by atoms with E-state index in [0.29, 0.717) is 10.8 Å². The predicted molar refractivity (Wildman–Crippen MR) is 64.6 cm³/mol. The van der Waals surface area contributed by atoms with Gasteiger partial charge in [0.1, 0.15) is 0 Å². The van der Waals surface area contributed by atoms with Crippen LogP contribution < -0.4 is 0 Å². The number of esters is 1. The molecular weight excluding hydrogens is 232 g/mol. The van der Waals surface area contributed by atoms with Gasteiger partial charge in [0.05, 0.1) is 13.0 Å². The number of halogens is 1. The molecule has 0 aliphatic rings. The fraction of sp³-hybridized carbons (Fsp3) is 0.364. The fourth-order valence-electron chi connectivity index (χ4n) is 1.35. The molecule has 82 valence electrons. The third-order valence-electron chi connectivity index (χ3n) is 2.10. The van der Waals surface area contributed by atoms with Crippen molar-refractivity contribution in [2.45, 2.75) is 5.92 Å². The van der Waals surface area contributed by atoms with Gasteiger partial charge in [0, 0.05) is 10.8 Å². The van der Waals surface area contributed by atoms with E-state index in [1.165, 1.54) is 7.11 Å². The Bertz CT molecular complexity index is 341. The molecule has 0 saturated heterocycles. The van der Waals surface area contributed by atoms with E-state index in [1.807, 2.05) is 24.5 Å². The summed E-state index contributed by atoms with van der Waals surface area (Å²) in [5, 5.41) is 0.613. The lowest BCUT2D eigenvalue weighted by Crippen LogP contribution is -2.16. The molecule has 0 heterocycles. The first-order valence-electron chi connectivity index (χ1n) is 4.52. The largest absolute Gasteiger partial charge is 0.469 e. The molecule has 1 rings (SSSR count). The highest BCUT2D eigenvalue weighted by atomic mass is 35.5. The van der Waals surface area contributed by atoms with Gasteiger partial charge in [-0.15, -0.1) is 0 Å². The van der Waals surface area contributed by atoms with Gasteiger partial charge in [-0.1, -0.05) is 29.8 Å². The molecule has 0 aliphatic carbocycles. The number of rotatable bonds is 4. The molecule has 0 aliphatic heterocycles. The van der Waals surface area contributed by atoms with Crippen LogP contribution in [0.2, 0.25) is 5.02 Å². The van der Waals surface area contributed by atoms with E-state index >= 15 is 0 Å². The van der Waals surface area contributed by atoms with Crippen LogP contribution in [0.25, 0.3) is 0 Å². The van der Waals surface area contributed by atoms with Gasteiger partial charge in [0.2, 0.25) is 0 Å². The van der Waals surface area contributed by atoms with Crippen LogP contribution in [0.1, 0.15) is 11.5 Å². The standard InChI is InChI=1S/C11H13ClO2S/c1-14-11(13)9(7-15-2)8-5-3-4-6-10(8)12/h3-6,9H,7H2,1-2H3. The van der Waals surface area contributed by atoms with Crippen molar-refractivity contribution in [3.8, 4) is 0 Å². The van der Waals surface area contributed by atoms with Gasteiger partial charge in [-0.05, 0) is 17.9 Å². The van der Waals surface area contributed by atoms with Crippen molar-refractivity contribution in [2.75, 3.05) is 19.1 Å². The summed E-state index contributed by atoms with van der Waals surface area (Å²) in [7, 11) is 1.40. The van der Waals surface area contributed by atoms with Crippen LogP contribution in [0.5, 0.6) is 0 Å². The Balaban J connectivity index is 2.98. The molecule has 0 N–H and O–H groups in total. The van der Waals surface area contributed by atoms with Crippen LogP contribution >= 0.6 is 23.4 Å². The highest BCUT2D eigenvalue weighted by Gasteiger charge is 2.22. The Kier molecular flexibility index (Phi) is 4.99. The van der Waals surface area contributed by atoms with E-state index in [-0.39, 0.29) is 11.9 Å². The van der Waals surface area contributed by atoms with Crippen LogP contribution in [0.15, 0.2) is 24.3 Å². The lowest BCUT2D eigenvalue weighted by Gasteiger charge is -2.14. The van der Waals surface area contributed by atoms with Gasteiger partial charge in [-0.3, -0.25) is 4.79 Å². The topological polar surface area (TPSA) is 26.3 Å². The Labute approximate surface area is 99.0 Å². The van der Waals surface area contributed by atoms with Crippen LogP contribution in [0.4, 0.5) is 0 Å². The van der Waals surface area contributed by atoms with Gasteiger partial charge < -0.3 is 4.74 Å². The number of ether oxygens (including phenoxy) is 1. The zero-order valence-electron chi connectivity index (χ0n) is 8.70. The summed E-state index contributed by atoms with van der Waals surface area (Å²) in [6.07, 6.45) is 1.95. The van der Waals surface area contributed by atoms with Crippen LogP contribution in [-0.2, 0) is 9.53 Å². The quantitative estimate of drug-likeness (QED) is 0.762. The van der Waals surface area contributed by atoms with Crippen molar-refractivity contribution in [3.63, 3.8) is 0 Å². The van der Waals surface area contributed by atoms with E-state index in [4.69, 9.17) is 16.3 Å². The minimum Gasteiger partial charge on any atom is -0.469 e. The number of thioether (sulfide) groups is 1. The van der Waals surface area contributed by atoms with Crippen molar-refractivity contribution < 1.29 is 9.53 Å². The second kappa shape index (κ2) is 6.03. The summed E-state index contributed by atoms with van der Waals surface area (Å²) in [5.74, 6) is 0.160. The van der Waals surface area contributed by atoms with E-state index in [2.05, 4.69) is 0 Å². The summed E-state index contributed by atoms with van der Waals surface area (Å²) < 4.78 is 4.76. The first-order valence-corrected chi connectivity index (χ1v) is 6.29. The molecule has 1 aromatic rings. The summed E-state index contributed by atoms with van der Waals surface area (Å²) in [5.41, 5.74) is 0.834. The molecule has 1 unspecified atom stereocenters. The molecule has 0 saturated carbocycles. The van der Waals surface area contributed by atoms with Crippen molar-refractivity contribution in [3.05, 3.63) is 34.9 Å². The normalized spacial score (nSPS) is 12.2. The maximum absolute atomic E-state index is 11.6. The molecule has 4 heteroatoms. The first-order chi connectivity index (χ1) is 7.20. The molecular formula is C11H13ClO2S. The first kappa shape index (κ1) is 12.4. The molecule has 0 radical (unpaired) electrons. The van der Waals surface area contributed by atoms with Crippen molar-refractivity contribution in [1.29, 1.82) is 0 Å². The molecule has 0 aromatic heterocycles. The lowest BCUT2D eigenvalue weighted by molar-refractivity contribution is -0.141. The smallest absolute Gasteiger partial charge is 0.314 e. The summed E-state index contributed by atoms with van der Waals surface area (Å²) in [6, 6.07) is 7.37. The summed E-state index contributed by atoms with van der Waals surface area (Å²) >= 11 is 7.64.